The van der Waals surface area contributed by atoms with Gasteiger partial charge in [-0.05, 0) is 26.2 Å². The molecule has 1 amide bonds. The van der Waals surface area contributed by atoms with Gasteiger partial charge >= 0.3 is 0 Å². The highest BCUT2D eigenvalue weighted by Gasteiger charge is 2.20. The van der Waals surface area contributed by atoms with E-state index in [-0.39, 0.29) is 5.91 Å². The summed E-state index contributed by atoms with van der Waals surface area (Å²) in [4.78, 5) is 22.3. The van der Waals surface area contributed by atoms with Gasteiger partial charge in [0.2, 0.25) is 5.91 Å². The second kappa shape index (κ2) is 9.58. The molecule has 2 rings (SSSR count). The van der Waals surface area contributed by atoms with Crippen LogP contribution in [0.15, 0.2) is 10.4 Å². The van der Waals surface area contributed by atoms with Crippen molar-refractivity contribution in [3.05, 3.63) is 16.1 Å². The van der Waals surface area contributed by atoms with Crippen LogP contribution >= 0.6 is 11.3 Å². The van der Waals surface area contributed by atoms with E-state index in [2.05, 4.69) is 44.7 Å². The first-order chi connectivity index (χ1) is 11.6. The van der Waals surface area contributed by atoms with E-state index in [0.717, 1.165) is 55.6 Å². The van der Waals surface area contributed by atoms with Crippen LogP contribution in [-0.4, -0.2) is 54.0 Å². The molecule has 1 aliphatic rings. The van der Waals surface area contributed by atoms with Crippen molar-refractivity contribution in [2.75, 3.05) is 26.2 Å². The molecule has 1 fully saturated rings. The van der Waals surface area contributed by atoms with E-state index in [9.17, 15) is 4.79 Å². The number of hydrogen-bond donors (Lipinski definition) is 3. The lowest BCUT2D eigenvalue weighted by Crippen LogP contribution is -2.49. The van der Waals surface area contributed by atoms with E-state index in [4.69, 9.17) is 5.73 Å². The molecule has 7 nitrogen and oxygen atoms in total. The lowest BCUT2D eigenvalue weighted by molar-refractivity contribution is -0.119. The van der Waals surface area contributed by atoms with Gasteiger partial charge in [-0.15, -0.1) is 11.3 Å². The number of piperidine rings is 1. The number of nitrogens with two attached hydrogens (primary N) is 1. The summed E-state index contributed by atoms with van der Waals surface area (Å²) in [6.07, 6.45) is 2.93. The van der Waals surface area contributed by atoms with Crippen LogP contribution in [0.2, 0.25) is 0 Å². The Morgan fingerprint density at radius 2 is 2.21 bits per heavy atom. The van der Waals surface area contributed by atoms with Gasteiger partial charge in [-0.2, -0.15) is 0 Å². The van der Waals surface area contributed by atoms with E-state index in [0.29, 0.717) is 19.1 Å². The maximum atomic E-state index is 11.0. The second-order valence-electron chi connectivity index (χ2n) is 5.94. The Hall–Kier alpha value is -1.67. The third-order valence-corrected chi connectivity index (χ3v) is 4.99. The minimum absolute atomic E-state index is 0.258. The van der Waals surface area contributed by atoms with Crippen molar-refractivity contribution in [2.45, 2.75) is 45.7 Å². The van der Waals surface area contributed by atoms with E-state index < -0.39 is 0 Å². The number of aliphatic imine (C=N–C) groups is 1. The molecule has 134 valence electrons. The minimum Gasteiger partial charge on any atom is -0.369 e. The predicted molar refractivity (Wildman–Crippen MR) is 98.1 cm³/mol. The number of amides is 1. The number of aromatic nitrogens is 1. The number of carbonyl (C=O) groups is 1. The van der Waals surface area contributed by atoms with Crippen molar-refractivity contribution in [1.82, 2.24) is 20.5 Å². The number of nitrogens with zero attached hydrogens (tertiary/aromatic N) is 3. The molecule has 1 aliphatic heterocycles. The first-order valence-electron chi connectivity index (χ1n) is 8.59. The van der Waals surface area contributed by atoms with Crippen LogP contribution in [0.1, 0.15) is 37.4 Å². The molecular formula is C16H28N6OS. The summed E-state index contributed by atoms with van der Waals surface area (Å²) in [5.41, 5.74) is 6.27. The third kappa shape index (κ3) is 6.09. The van der Waals surface area contributed by atoms with Crippen LogP contribution < -0.4 is 16.4 Å². The van der Waals surface area contributed by atoms with Crippen LogP contribution in [0, 0.1) is 0 Å². The molecule has 2 heterocycles. The summed E-state index contributed by atoms with van der Waals surface area (Å²) >= 11 is 1.69. The van der Waals surface area contributed by atoms with Gasteiger partial charge in [0.15, 0.2) is 5.96 Å². The lowest BCUT2D eigenvalue weighted by atomic mass is 10.1. The first-order valence-corrected chi connectivity index (χ1v) is 9.47. The zero-order valence-electron chi connectivity index (χ0n) is 14.5. The van der Waals surface area contributed by atoms with Gasteiger partial charge in [0.25, 0.3) is 0 Å². The molecule has 0 aromatic carbocycles. The second-order valence-corrected chi connectivity index (χ2v) is 6.89. The van der Waals surface area contributed by atoms with E-state index in [1.54, 1.807) is 11.3 Å². The lowest BCUT2D eigenvalue weighted by Gasteiger charge is -2.32. The summed E-state index contributed by atoms with van der Waals surface area (Å²) in [6.45, 7) is 7.70. The Morgan fingerprint density at radius 1 is 1.46 bits per heavy atom. The van der Waals surface area contributed by atoms with Crippen molar-refractivity contribution in [2.24, 2.45) is 10.7 Å². The van der Waals surface area contributed by atoms with Crippen LogP contribution in [0.25, 0.3) is 0 Å². The average Bonchev–Trinajstić information content (AvgIpc) is 3.02. The number of aryl methyl sites for hydroxylation is 1. The summed E-state index contributed by atoms with van der Waals surface area (Å²) in [6, 6.07) is 0.369. The Labute approximate surface area is 147 Å². The van der Waals surface area contributed by atoms with Gasteiger partial charge in [0, 0.05) is 31.1 Å². The Bertz CT molecular complexity index is 551. The molecule has 0 atom stereocenters. The number of thiazole rings is 1. The van der Waals surface area contributed by atoms with Crippen molar-refractivity contribution in [3.8, 4) is 0 Å². The Morgan fingerprint density at radius 3 is 2.79 bits per heavy atom. The molecule has 0 bridgehead atoms. The normalized spacial score (nSPS) is 17.0. The Balaban J connectivity index is 1.84. The van der Waals surface area contributed by atoms with E-state index in [1.165, 1.54) is 0 Å². The van der Waals surface area contributed by atoms with E-state index in [1.807, 2.05) is 0 Å². The fourth-order valence-corrected chi connectivity index (χ4v) is 3.45. The monoisotopic (exact) mass is 352 g/mol. The fourth-order valence-electron chi connectivity index (χ4n) is 2.71. The first kappa shape index (κ1) is 18.7. The number of hydrogen-bond acceptors (Lipinski definition) is 5. The zero-order chi connectivity index (χ0) is 17.4. The molecule has 0 saturated carbocycles. The fraction of sp³-hybridized carbons (Fsp3) is 0.688. The van der Waals surface area contributed by atoms with Crippen molar-refractivity contribution < 1.29 is 4.79 Å². The molecule has 0 unspecified atom stereocenters. The van der Waals surface area contributed by atoms with Crippen LogP contribution in [0.5, 0.6) is 0 Å². The average molecular weight is 353 g/mol. The summed E-state index contributed by atoms with van der Waals surface area (Å²) in [5, 5.41) is 10.0. The van der Waals surface area contributed by atoms with Crippen LogP contribution in [-0.2, 0) is 17.8 Å². The number of guanidine groups is 1. The zero-order valence-corrected chi connectivity index (χ0v) is 15.4. The number of rotatable bonds is 7. The smallest absolute Gasteiger partial charge is 0.231 e. The van der Waals surface area contributed by atoms with Crippen molar-refractivity contribution in [1.29, 1.82) is 0 Å². The third-order valence-electron chi connectivity index (χ3n) is 3.95. The molecule has 4 N–H and O–H groups in total. The largest absolute Gasteiger partial charge is 0.369 e. The van der Waals surface area contributed by atoms with E-state index >= 15 is 0 Å². The number of likely N-dealkylation sites (tertiary alicyclic amines) is 1. The molecule has 0 spiro atoms. The van der Waals surface area contributed by atoms with Crippen LogP contribution in [0.4, 0.5) is 0 Å². The predicted octanol–water partition coefficient (Wildman–Crippen LogP) is 0.710. The highest BCUT2D eigenvalue weighted by atomic mass is 32.1. The van der Waals surface area contributed by atoms with Crippen molar-refractivity contribution in [3.63, 3.8) is 0 Å². The summed E-state index contributed by atoms with van der Waals surface area (Å²) < 4.78 is 0. The van der Waals surface area contributed by atoms with Gasteiger partial charge < -0.3 is 16.4 Å². The number of carbonyl (C=O) groups excluding carboxylic acids is 1. The molecular weight excluding hydrogens is 324 g/mol. The van der Waals surface area contributed by atoms with Gasteiger partial charge in [-0.25, -0.2) is 9.98 Å². The highest BCUT2D eigenvalue weighted by molar-refractivity contribution is 7.09. The molecule has 1 aromatic rings. The van der Waals surface area contributed by atoms with Crippen LogP contribution in [0.3, 0.4) is 0 Å². The SMILES string of the molecule is CCNC(=NCc1csc(CC)n1)NC1CCN(CC(N)=O)CC1. The molecule has 1 saturated heterocycles. The topological polar surface area (TPSA) is 95.6 Å². The van der Waals surface area contributed by atoms with Crippen molar-refractivity contribution >= 4 is 23.2 Å². The maximum Gasteiger partial charge on any atom is 0.231 e. The highest BCUT2D eigenvalue weighted by Crippen LogP contribution is 2.12. The molecule has 24 heavy (non-hydrogen) atoms. The summed E-state index contributed by atoms with van der Waals surface area (Å²) in [7, 11) is 0. The Kier molecular flexibility index (Phi) is 7.45. The maximum absolute atomic E-state index is 11.0. The van der Waals surface area contributed by atoms with Gasteiger partial charge in [-0.3, -0.25) is 9.69 Å². The number of primary amides is 1. The summed E-state index contributed by atoms with van der Waals surface area (Å²) in [5.74, 6) is 0.572. The van der Waals surface area contributed by atoms with Gasteiger partial charge in [0.1, 0.15) is 0 Å². The minimum atomic E-state index is -0.258. The molecule has 0 radical (unpaired) electrons. The van der Waals surface area contributed by atoms with Gasteiger partial charge in [0.05, 0.1) is 23.8 Å². The quantitative estimate of drug-likeness (QED) is 0.496. The number of nitrogens with one attached hydrogen (secondary N) is 2. The molecule has 1 aromatic heterocycles. The van der Waals surface area contributed by atoms with Gasteiger partial charge in [-0.1, -0.05) is 6.92 Å². The molecule has 8 heteroatoms. The standard InChI is InChI=1S/C16H28N6OS/c1-3-15-20-13(11-24-15)9-19-16(18-4-2)21-12-5-7-22(8-6-12)10-14(17)23/h11-12H,3-10H2,1-2H3,(H2,17,23)(H2,18,19,21). The molecule has 0 aliphatic carbocycles.